The van der Waals surface area contributed by atoms with Crippen LogP contribution in [0.25, 0.3) is 0 Å². The van der Waals surface area contributed by atoms with Crippen LogP contribution in [0.4, 0.5) is 0 Å². The Bertz CT molecular complexity index is 408. The number of ether oxygens (including phenoxy) is 2. The number of ketones is 1. The molecule has 0 spiro atoms. The van der Waals surface area contributed by atoms with Crippen LogP contribution in [0, 0.1) is 0 Å². The molecular weight excluding hydrogens is 204 g/mol. The van der Waals surface area contributed by atoms with Crippen LogP contribution in [0.15, 0.2) is 24.8 Å². The highest BCUT2D eigenvalue weighted by molar-refractivity contribution is 5.97. The van der Waals surface area contributed by atoms with Crippen molar-refractivity contribution in [1.29, 1.82) is 0 Å². The lowest BCUT2D eigenvalue weighted by Crippen LogP contribution is -2.03. The zero-order valence-corrected chi connectivity index (χ0v) is 9.87. The minimum absolute atomic E-state index is 0.0233. The second-order valence-corrected chi connectivity index (χ2v) is 3.38. The van der Waals surface area contributed by atoms with Gasteiger partial charge in [-0.05, 0) is 25.5 Å². The highest BCUT2D eigenvalue weighted by atomic mass is 16.5. The summed E-state index contributed by atoms with van der Waals surface area (Å²) in [6.45, 7) is 5.20. The average Bonchev–Trinajstić information content (AvgIpc) is 2.28. The standard InChI is InChI=1S/C13H16O3/c1-5-6-11-12(15-3)8-7-10(9(2)14)13(11)16-4/h5,7-8H,1,6H2,2-4H3. The van der Waals surface area contributed by atoms with Crippen LogP contribution < -0.4 is 9.47 Å². The lowest BCUT2D eigenvalue weighted by molar-refractivity contribution is 0.101. The van der Waals surface area contributed by atoms with Crippen molar-refractivity contribution < 1.29 is 14.3 Å². The van der Waals surface area contributed by atoms with Gasteiger partial charge >= 0.3 is 0 Å². The number of hydrogen-bond donors (Lipinski definition) is 0. The third kappa shape index (κ3) is 2.24. The summed E-state index contributed by atoms with van der Waals surface area (Å²) in [6.07, 6.45) is 2.36. The van der Waals surface area contributed by atoms with Crippen LogP contribution in [0.3, 0.4) is 0 Å². The lowest BCUT2D eigenvalue weighted by Gasteiger charge is -2.14. The van der Waals surface area contributed by atoms with Crippen LogP contribution in [0.5, 0.6) is 11.5 Å². The van der Waals surface area contributed by atoms with Crippen molar-refractivity contribution in [3.8, 4) is 11.5 Å². The molecule has 0 saturated carbocycles. The molecular formula is C13H16O3. The highest BCUT2D eigenvalue weighted by Gasteiger charge is 2.16. The number of carbonyl (C=O) groups excluding carboxylic acids is 1. The molecule has 0 amide bonds. The Labute approximate surface area is 95.7 Å². The van der Waals surface area contributed by atoms with Crippen molar-refractivity contribution in [1.82, 2.24) is 0 Å². The summed E-state index contributed by atoms with van der Waals surface area (Å²) in [7, 11) is 3.14. The smallest absolute Gasteiger partial charge is 0.163 e. The van der Waals surface area contributed by atoms with E-state index in [1.54, 1.807) is 32.4 Å². The van der Waals surface area contributed by atoms with Gasteiger partial charge in [-0.1, -0.05) is 6.08 Å². The number of carbonyl (C=O) groups is 1. The summed E-state index contributed by atoms with van der Waals surface area (Å²) in [5, 5.41) is 0. The van der Waals surface area contributed by atoms with E-state index >= 15 is 0 Å². The molecule has 1 aromatic rings. The molecule has 86 valence electrons. The molecule has 16 heavy (non-hydrogen) atoms. The minimum atomic E-state index is -0.0233. The quantitative estimate of drug-likeness (QED) is 0.565. The van der Waals surface area contributed by atoms with Gasteiger partial charge in [0.2, 0.25) is 0 Å². The Morgan fingerprint density at radius 3 is 2.50 bits per heavy atom. The fourth-order valence-electron chi connectivity index (χ4n) is 1.65. The SMILES string of the molecule is C=CCc1c(OC)ccc(C(C)=O)c1OC. The second kappa shape index (κ2) is 5.35. The summed E-state index contributed by atoms with van der Waals surface area (Å²) in [5.41, 5.74) is 1.42. The van der Waals surface area contributed by atoms with Crippen molar-refractivity contribution in [2.24, 2.45) is 0 Å². The summed E-state index contributed by atoms with van der Waals surface area (Å²) >= 11 is 0. The number of allylic oxidation sites excluding steroid dienone is 1. The molecule has 0 saturated heterocycles. The van der Waals surface area contributed by atoms with Crippen LogP contribution >= 0.6 is 0 Å². The van der Waals surface area contributed by atoms with E-state index < -0.39 is 0 Å². The van der Waals surface area contributed by atoms with Crippen LogP contribution in [-0.4, -0.2) is 20.0 Å². The van der Waals surface area contributed by atoms with Crippen molar-refractivity contribution in [2.75, 3.05) is 14.2 Å². The third-order valence-corrected chi connectivity index (χ3v) is 2.37. The Morgan fingerprint density at radius 2 is 2.06 bits per heavy atom. The maximum absolute atomic E-state index is 11.4. The highest BCUT2D eigenvalue weighted by Crippen LogP contribution is 2.33. The Morgan fingerprint density at radius 1 is 1.38 bits per heavy atom. The molecule has 3 nitrogen and oxygen atoms in total. The van der Waals surface area contributed by atoms with E-state index in [1.165, 1.54) is 6.92 Å². The molecule has 1 rings (SSSR count). The Kier molecular flexibility index (Phi) is 4.11. The summed E-state index contributed by atoms with van der Waals surface area (Å²) in [5.74, 6) is 1.26. The molecule has 3 heteroatoms. The third-order valence-electron chi connectivity index (χ3n) is 2.37. The average molecular weight is 220 g/mol. The molecule has 0 unspecified atom stereocenters. The molecule has 0 radical (unpaired) electrons. The second-order valence-electron chi connectivity index (χ2n) is 3.38. The van der Waals surface area contributed by atoms with E-state index in [0.29, 0.717) is 23.5 Å². The van der Waals surface area contributed by atoms with E-state index in [2.05, 4.69) is 6.58 Å². The molecule has 0 heterocycles. The molecule has 0 aliphatic rings. The molecule has 0 bridgehead atoms. The number of hydrogen-bond acceptors (Lipinski definition) is 3. The first-order valence-electron chi connectivity index (χ1n) is 5.01. The molecule has 0 aliphatic carbocycles. The van der Waals surface area contributed by atoms with Gasteiger partial charge < -0.3 is 9.47 Å². The van der Waals surface area contributed by atoms with Crippen LogP contribution in [0.2, 0.25) is 0 Å². The predicted molar refractivity (Wildman–Crippen MR) is 63.5 cm³/mol. The van der Waals surface area contributed by atoms with Crippen molar-refractivity contribution in [3.63, 3.8) is 0 Å². The zero-order valence-electron chi connectivity index (χ0n) is 9.87. The van der Waals surface area contributed by atoms with Crippen molar-refractivity contribution in [2.45, 2.75) is 13.3 Å². The van der Waals surface area contributed by atoms with Gasteiger partial charge in [-0.3, -0.25) is 4.79 Å². The van der Waals surface area contributed by atoms with E-state index in [-0.39, 0.29) is 5.78 Å². The first-order valence-corrected chi connectivity index (χ1v) is 5.01. The molecule has 0 aliphatic heterocycles. The number of rotatable bonds is 5. The van der Waals surface area contributed by atoms with E-state index in [9.17, 15) is 4.79 Å². The molecule has 0 atom stereocenters. The van der Waals surface area contributed by atoms with E-state index in [4.69, 9.17) is 9.47 Å². The first-order chi connectivity index (χ1) is 7.65. The molecule has 0 aromatic heterocycles. The lowest BCUT2D eigenvalue weighted by atomic mass is 10.0. The summed E-state index contributed by atoms with van der Waals surface area (Å²) in [4.78, 5) is 11.4. The van der Waals surface area contributed by atoms with Gasteiger partial charge in [-0.25, -0.2) is 0 Å². The van der Waals surface area contributed by atoms with E-state index in [0.717, 1.165) is 5.56 Å². The maximum Gasteiger partial charge on any atom is 0.163 e. The number of benzene rings is 1. The number of Topliss-reactive ketones (excluding diaryl/α,β-unsaturated/α-hetero) is 1. The molecule has 0 fully saturated rings. The minimum Gasteiger partial charge on any atom is -0.496 e. The zero-order chi connectivity index (χ0) is 12.1. The van der Waals surface area contributed by atoms with Gasteiger partial charge in [0.25, 0.3) is 0 Å². The topological polar surface area (TPSA) is 35.5 Å². The monoisotopic (exact) mass is 220 g/mol. The van der Waals surface area contributed by atoms with Crippen molar-refractivity contribution >= 4 is 5.78 Å². The molecule has 0 N–H and O–H groups in total. The van der Waals surface area contributed by atoms with Gasteiger partial charge in [-0.15, -0.1) is 6.58 Å². The van der Waals surface area contributed by atoms with Gasteiger partial charge in [0, 0.05) is 5.56 Å². The van der Waals surface area contributed by atoms with Gasteiger partial charge in [0.1, 0.15) is 11.5 Å². The van der Waals surface area contributed by atoms with Gasteiger partial charge in [0.15, 0.2) is 5.78 Å². The van der Waals surface area contributed by atoms with E-state index in [1.807, 2.05) is 0 Å². The Hall–Kier alpha value is -1.77. The molecule has 1 aromatic carbocycles. The maximum atomic E-state index is 11.4. The number of methoxy groups -OCH3 is 2. The van der Waals surface area contributed by atoms with Crippen LogP contribution in [-0.2, 0) is 6.42 Å². The predicted octanol–water partition coefficient (Wildman–Crippen LogP) is 2.63. The van der Waals surface area contributed by atoms with Crippen molar-refractivity contribution in [3.05, 3.63) is 35.9 Å². The summed E-state index contributed by atoms with van der Waals surface area (Å²) < 4.78 is 10.5. The van der Waals surface area contributed by atoms with Crippen LogP contribution in [0.1, 0.15) is 22.8 Å². The fraction of sp³-hybridized carbons (Fsp3) is 0.308. The fourth-order valence-corrected chi connectivity index (χ4v) is 1.65. The summed E-state index contributed by atoms with van der Waals surface area (Å²) in [6, 6.07) is 3.49. The largest absolute Gasteiger partial charge is 0.496 e. The van der Waals surface area contributed by atoms with Gasteiger partial charge in [0.05, 0.1) is 19.8 Å². The normalized spacial score (nSPS) is 9.69. The first kappa shape index (κ1) is 12.3. The Balaban J connectivity index is 3.42. The van der Waals surface area contributed by atoms with Gasteiger partial charge in [-0.2, -0.15) is 0 Å².